The number of hydrogen-bond donors (Lipinski definition) is 1. The first-order valence-electron chi connectivity index (χ1n) is 10.2. The van der Waals surface area contributed by atoms with E-state index in [1.165, 1.54) is 22.0 Å². The highest BCUT2D eigenvalue weighted by atomic mass is 35.5. The zero-order valence-corrected chi connectivity index (χ0v) is 19.7. The van der Waals surface area contributed by atoms with Crippen molar-refractivity contribution in [3.05, 3.63) is 89.6 Å². The van der Waals surface area contributed by atoms with Crippen LogP contribution in [0.3, 0.4) is 0 Å². The molecule has 1 aliphatic heterocycles. The van der Waals surface area contributed by atoms with Crippen LogP contribution in [-0.4, -0.2) is 29.4 Å². The van der Waals surface area contributed by atoms with Crippen LogP contribution in [0.25, 0.3) is 6.08 Å². The molecule has 0 amide bonds. The van der Waals surface area contributed by atoms with Crippen molar-refractivity contribution < 1.29 is 19.4 Å². The molecule has 1 aliphatic rings. The van der Waals surface area contributed by atoms with Crippen LogP contribution in [0.5, 0.6) is 11.5 Å². The van der Waals surface area contributed by atoms with Crippen molar-refractivity contribution in [2.45, 2.75) is 19.9 Å². The summed E-state index contributed by atoms with van der Waals surface area (Å²) in [5.74, 6) is 0.0580. The first-order chi connectivity index (χ1) is 15.8. The van der Waals surface area contributed by atoms with Crippen molar-refractivity contribution in [2.24, 2.45) is 4.99 Å². The fraction of sp³-hybridized carbons (Fsp3) is 0.208. The van der Waals surface area contributed by atoms with E-state index in [2.05, 4.69) is 4.99 Å². The van der Waals surface area contributed by atoms with E-state index < -0.39 is 12.0 Å². The maximum absolute atomic E-state index is 13.5. The number of thiazole rings is 1. The third-order valence-corrected chi connectivity index (χ3v) is 6.42. The highest BCUT2D eigenvalue weighted by molar-refractivity contribution is 7.07. The van der Waals surface area contributed by atoms with Crippen LogP contribution in [0.1, 0.15) is 31.0 Å². The Hall–Kier alpha value is -3.36. The molecule has 1 atom stereocenters. The maximum atomic E-state index is 13.5. The summed E-state index contributed by atoms with van der Waals surface area (Å²) >= 11 is 7.23. The summed E-state index contributed by atoms with van der Waals surface area (Å²) in [4.78, 5) is 31.4. The summed E-state index contributed by atoms with van der Waals surface area (Å²) in [6.45, 7) is 3.64. The van der Waals surface area contributed by atoms with E-state index in [0.717, 1.165) is 0 Å². The molecule has 3 aromatic rings. The van der Waals surface area contributed by atoms with Crippen molar-refractivity contribution in [3.63, 3.8) is 0 Å². The smallest absolute Gasteiger partial charge is 0.338 e. The van der Waals surface area contributed by atoms with Gasteiger partial charge in [-0.05, 0) is 55.8 Å². The molecule has 170 valence electrons. The molecule has 4 rings (SSSR count). The van der Waals surface area contributed by atoms with Crippen molar-refractivity contribution in [1.29, 1.82) is 0 Å². The Labute approximate surface area is 198 Å². The number of ether oxygens (including phenoxy) is 2. The number of carbonyl (C=O) groups is 1. The highest BCUT2D eigenvalue weighted by Gasteiger charge is 2.33. The number of allylic oxidation sites excluding steroid dienone is 1. The normalized spacial score (nSPS) is 15.8. The average molecular weight is 485 g/mol. The third-order valence-electron chi connectivity index (χ3n) is 5.20. The molecule has 1 N–H and O–H groups in total. The van der Waals surface area contributed by atoms with E-state index >= 15 is 0 Å². The number of halogens is 1. The second kappa shape index (κ2) is 9.25. The van der Waals surface area contributed by atoms with Gasteiger partial charge in [0, 0.05) is 10.6 Å². The summed E-state index contributed by atoms with van der Waals surface area (Å²) in [7, 11) is 1.55. The Kier molecular flexibility index (Phi) is 6.40. The number of fused-ring (bicyclic) bond motifs is 1. The lowest BCUT2D eigenvalue weighted by Crippen LogP contribution is -2.39. The Morgan fingerprint density at radius 2 is 2.09 bits per heavy atom. The topological polar surface area (TPSA) is 90.1 Å². The Balaban J connectivity index is 1.98. The van der Waals surface area contributed by atoms with Crippen molar-refractivity contribution >= 4 is 35.0 Å². The molecule has 0 aliphatic carbocycles. The molecule has 1 aromatic heterocycles. The fourth-order valence-corrected chi connectivity index (χ4v) is 4.92. The van der Waals surface area contributed by atoms with Gasteiger partial charge in [-0.3, -0.25) is 9.36 Å². The van der Waals surface area contributed by atoms with Gasteiger partial charge in [0.2, 0.25) is 0 Å². The van der Waals surface area contributed by atoms with Gasteiger partial charge in [0.05, 0.1) is 35.6 Å². The van der Waals surface area contributed by atoms with E-state index in [1.54, 1.807) is 57.4 Å². The van der Waals surface area contributed by atoms with Crippen LogP contribution in [0.4, 0.5) is 0 Å². The molecular formula is C24H21ClN2O5S. The lowest BCUT2D eigenvalue weighted by Gasteiger charge is -2.25. The number of nitrogens with zero attached hydrogens (tertiary/aromatic N) is 2. The first kappa shape index (κ1) is 22.8. The number of benzene rings is 2. The number of phenols is 1. The molecule has 0 radical (unpaired) electrons. The summed E-state index contributed by atoms with van der Waals surface area (Å²) in [5, 5.41) is 10.6. The van der Waals surface area contributed by atoms with Crippen molar-refractivity contribution in [3.8, 4) is 11.5 Å². The predicted octanol–water partition coefficient (Wildman–Crippen LogP) is 3.17. The molecule has 0 saturated heterocycles. The molecule has 9 heteroatoms. The summed E-state index contributed by atoms with van der Waals surface area (Å²) in [6.07, 6.45) is 1.57. The number of methoxy groups -OCH3 is 1. The van der Waals surface area contributed by atoms with Crippen LogP contribution in [0.15, 0.2) is 63.5 Å². The number of aromatic nitrogens is 1. The van der Waals surface area contributed by atoms with Gasteiger partial charge in [-0.25, -0.2) is 9.79 Å². The lowest BCUT2D eigenvalue weighted by molar-refractivity contribution is -0.139. The van der Waals surface area contributed by atoms with Gasteiger partial charge < -0.3 is 14.6 Å². The average Bonchev–Trinajstić information content (AvgIpc) is 3.10. The van der Waals surface area contributed by atoms with E-state index in [0.29, 0.717) is 36.9 Å². The Morgan fingerprint density at radius 3 is 2.82 bits per heavy atom. The molecule has 0 bridgehead atoms. The number of rotatable bonds is 5. The molecule has 2 heterocycles. The van der Waals surface area contributed by atoms with Crippen LogP contribution < -0.4 is 19.6 Å². The molecule has 33 heavy (non-hydrogen) atoms. The highest BCUT2D eigenvalue weighted by Crippen LogP contribution is 2.32. The van der Waals surface area contributed by atoms with E-state index in [9.17, 15) is 14.7 Å². The first-order valence-corrected chi connectivity index (χ1v) is 11.4. The summed E-state index contributed by atoms with van der Waals surface area (Å²) in [5.41, 5.74) is 1.51. The molecule has 0 saturated carbocycles. The van der Waals surface area contributed by atoms with Crippen LogP contribution in [-0.2, 0) is 9.53 Å². The SMILES string of the molecule is CCOC(=O)C1=C(C)N=c2s/c(=C\c3cc(Cl)ccc3O)c(=O)n2C1c1cccc(OC)c1. The van der Waals surface area contributed by atoms with Gasteiger partial charge in [0.25, 0.3) is 5.56 Å². The van der Waals surface area contributed by atoms with E-state index in [1.807, 2.05) is 6.07 Å². The van der Waals surface area contributed by atoms with Gasteiger partial charge in [-0.15, -0.1) is 0 Å². The minimum Gasteiger partial charge on any atom is -0.507 e. The largest absolute Gasteiger partial charge is 0.507 e. The molecule has 2 aromatic carbocycles. The molecule has 0 spiro atoms. The zero-order chi connectivity index (χ0) is 23.7. The fourth-order valence-electron chi connectivity index (χ4n) is 3.70. The summed E-state index contributed by atoms with van der Waals surface area (Å²) < 4.78 is 12.5. The minimum atomic E-state index is -0.745. The van der Waals surface area contributed by atoms with Gasteiger partial charge in [-0.1, -0.05) is 35.1 Å². The zero-order valence-electron chi connectivity index (χ0n) is 18.2. The van der Waals surface area contributed by atoms with Crippen LogP contribution >= 0.6 is 22.9 Å². The van der Waals surface area contributed by atoms with E-state index in [4.69, 9.17) is 21.1 Å². The molecule has 0 fully saturated rings. The Morgan fingerprint density at radius 1 is 1.30 bits per heavy atom. The van der Waals surface area contributed by atoms with Gasteiger partial charge in [0.15, 0.2) is 4.80 Å². The van der Waals surface area contributed by atoms with Crippen molar-refractivity contribution in [2.75, 3.05) is 13.7 Å². The summed E-state index contributed by atoms with van der Waals surface area (Å²) in [6, 6.07) is 11.0. The molecule has 7 nitrogen and oxygen atoms in total. The standard InChI is InChI=1S/C24H21ClN2O5S/c1-4-32-23(30)20-13(2)26-24-27(21(20)14-6-5-7-17(11-14)31-3)22(29)19(33-24)12-15-10-16(25)8-9-18(15)28/h5-12,21,28H,4H2,1-3H3/b19-12-. The van der Waals surface area contributed by atoms with Gasteiger partial charge in [-0.2, -0.15) is 0 Å². The minimum absolute atomic E-state index is 0.00188. The van der Waals surface area contributed by atoms with Crippen LogP contribution in [0.2, 0.25) is 5.02 Å². The number of phenolic OH excluding ortho intramolecular Hbond substituents is 1. The van der Waals surface area contributed by atoms with E-state index in [-0.39, 0.29) is 23.5 Å². The van der Waals surface area contributed by atoms with Crippen LogP contribution in [0, 0.1) is 0 Å². The van der Waals surface area contributed by atoms with Gasteiger partial charge >= 0.3 is 5.97 Å². The number of aromatic hydroxyl groups is 1. The van der Waals surface area contributed by atoms with Gasteiger partial charge in [0.1, 0.15) is 11.5 Å². The lowest BCUT2D eigenvalue weighted by atomic mass is 9.95. The second-order valence-corrected chi connectivity index (χ2v) is 8.73. The molecular weight excluding hydrogens is 464 g/mol. The number of esters is 1. The predicted molar refractivity (Wildman–Crippen MR) is 127 cm³/mol. The Bertz CT molecular complexity index is 1450. The second-order valence-electron chi connectivity index (χ2n) is 7.28. The molecule has 1 unspecified atom stereocenters. The number of carbonyl (C=O) groups excluding carboxylic acids is 1. The third kappa shape index (κ3) is 4.31. The maximum Gasteiger partial charge on any atom is 0.338 e. The monoisotopic (exact) mass is 484 g/mol. The quantitative estimate of drug-likeness (QED) is 0.562. The van der Waals surface area contributed by atoms with Crippen molar-refractivity contribution in [1.82, 2.24) is 4.57 Å². The number of hydrogen-bond acceptors (Lipinski definition) is 7.